The Kier molecular flexibility index (Phi) is 10.5. The largest absolute Gasteiger partial charge is 0.368 e. The zero-order valence-electron chi connectivity index (χ0n) is 28.2. The monoisotopic (exact) mass is 780 g/mol. The van der Waals surface area contributed by atoms with Crippen molar-refractivity contribution in [2.45, 2.75) is 72.5 Å². The van der Waals surface area contributed by atoms with Crippen molar-refractivity contribution >= 4 is 66.4 Å². The molecule has 10 nitrogen and oxygen atoms in total. The minimum Gasteiger partial charge on any atom is -0.368 e. The van der Waals surface area contributed by atoms with E-state index in [0.29, 0.717) is 39.9 Å². The number of sulfonamides is 2. The van der Waals surface area contributed by atoms with Gasteiger partial charge in [-0.25, -0.2) is 21.7 Å². The Balaban J connectivity index is 0.000000162. The highest BCUT2D eigenvalue weighted by Crippen LogP contribution is 2.38. The summed E-state index contributed by atoms with van der Waals surface area (Å²) in [6, 6.07) is 29.4. The number of nitrogens with zero attached hydrogens (tertiary/aromatic N) is 4. The van der Waals surface area contributed by atoms with Gasteiger partial charge in [-0.15, -0.1) is 0 Å². The first kappa shape index (κ1) is 36.6. The van der Waals surface area contributed by atoms with Crippen LogP contribution >= 0.6 is 23.2 Å². The first-order valence-electron chi connectivity index (χ1n) is 17.3. The predicted molar refractivity (Wildman–Crippen MR) is 201 cm³/mol. The summed E-state index contributed by atoms with van der Waals surface area (Å²) in [6.07, 6.45) is 4.31. The van der Waals surface area contributed by atoms with Crippen LogP contribution in [0.2, 0.25) is 10.0 Å². The Labute approximate surface area is 314 Å². The normalized spacial score (nSPS) is 23.9. The number of hydrogen-bond donors (Lipinski definition) is 0. The van der Waals surface area contributed by atoms with Gasteiger partial charge in [-0.05, 0) is 105 Å². The molecule has 4 aromatic carbocycles. The second-order valence-electron chi connectivity index (χ2n) is 13.4. The van der Waals surface area contributed by atoms with E-state index in [1.54, 1.807) is 58.9 Å². The second-order valence-corrected chi connectivity index (χ2v) is 17.9. The van der Waals surface area contributed by atoms with Crippen LogP contribution in [0.1, 0.15) is 38.5 Å². The van der Waals surface area contributed by atoms with Crippen LogP contribution in [0.15, 0.2) is 119 Å². The number of piperazine rings is 2. The molecular weight excluding hydrogens is 743 g/mol. The molecule has 0 saturated carbocycles. The molecule has 0 N–H and O–H groups in total. The quantitative estimate of drug-likeness (QED) is 0.203. The number of amides is 2. The molecule has 2 amide bonds. The molecule has 8 rings (SSSR count). The Morgan fingerprint density at radius 1 is 0.500 bits per heavy atom. The molecule has 272 valence electrons. The van der Waals surface area contributed by atoms with Crippen LogP contribution in [-0.2, 0) is 29.6 Å². The number of carbonyl (C=O) groups excluding carboxylic acids is 2. The van der Waals surface area contributed by atoms with Crippen LogP contribution in [0, 0.1) is 0 Å². The molecule has 0 radical (unpaired) electrons. The maximum Gasteiger partial charge on any atom is 0.252 e. The van der Waals surface area contributed by atoms with Gasteiger partial charge in [-0.2, -0.15) is 8.61 Å². The molecule has 52 heavy (non-hydrogen) atoms. The summed E-state index contributed by atoms with van der Waals surface area (Å²) < 4.78 is 55.7. The van der Waals surface area contributed by atoms with Crippen molar-refractivity contribution in [2.75, 3.05) is 22.9 Å². The van der Waals surface area contributed by atoms with E-state index in [2.05, 4.69) is 17.0 Å². The average Bonchev–Trinajstić information content (AvgIpc) is 3.15. The van der Waals surface area contributed by atoms with Crippen molar-refractivity contribution in [3.8, 4) is 0 Å². The van der Waals surface area contributed by atoms with Gasteiger partial charge in [0.1, 0.15) is 12.1 Å². The van der Waals surface area contributed by atoms with E-state index in [9.17, 15) is 26.4 Å². The smallest absolute Gasteiger partial charge is 0.252 e. The molecule has 4 atom stereocenters. The van der Waals surface area contributed by atoms with Crippen LogP contribution in [0.4, 0.5) is 11.4 Å². The summed E-state index contributed by atoms with van der Waals surface area (Å²) >= 11 is 11.8. The average molecular weight is 782 g/mol. The van der Waals surface area contributed by atoms with E-state index < -0.39 is 43.9 Å². The summed E-state index contributed by atoms with van der Waals surface area (Å²) in [5, 5.41) is 0.961. The molecule has 4 aromatic rings. The van der Waals surface area contributed by atoms with Gasteiger partial charge in [0, 0.05) is 40.9 Å². The van der Waals surface area contributed by atoms with E-state index in [4.69, 9.17) is 23.2 Å². The number of imide groups is 1. The third-order valence-electron chi connectivity index (χ3n) is 10.2. The summed E-state index contributed by atoms with van der Waals surface area (Å²) in [5.74, 6) is -1.00. The molecule has 0 aromatic heterocycles. The first-order valence-corrected chi connectivity index (χ1v) is 20.9. The number of hydrogen-bond acceptors (Lipinski definition) is 7. The fraction of sp³-hybridized carbons (Fsp3) is 0.316. The highest BCUT2D eigenvalue weighted by Gasteiger charge is 2.54. The highest BCUT2D eigenvalue weighted by atomic mass is 35.5. The Bertz CT molecular complexity index is 2100. The molecule has 4 unspecified atom stereocenters. The molecule has 4 bridgehead atoms. The van der Waals surface area contributed by atoms with Crippen LogP contribution in [0.5, 0.6) is 0 Å². The van der Waals surface area contributed by atoms with Gasteiger partial charge in [0.2, 0.25) is 20.0 Å². The Hall–Kier alpha value is -3.78. The van der Waals surface area contributed by atoms with Crippen LogP contribution < -0.4 is 9.80 Å². The molecule has 4 aliphatic heterocycles. The van der Waals surface area contributed by atoms with Gasteiger partial charge in [-0.3, -0.25) is 9.59 Å². The number of rotatable bonds is 6. The van der Waals surface area contributed by atoms with Crippen molar-refractivity contribution in [1.29, 1.82) is 0 Å². The van der Waals surface area contributed by atoms with Gasteiger partial charge in [0.05, 0.1) is 15.5 Å². The van der Waals surface area contributed by atoms with Crippen molar-refractivity contribution < 1.29 is 26.4 Å². The predicted octanol–water partition coefficient (Wildman–Crippen LogP) is 6.60. The minimum atomic E-state index is -4.00. The lowest BCUT2D eigenvalue weighted by Gasteiger charge is -2.49. The Morgan fingerprint density at radius 2 is 0.904 bits per heavy atom. The van der Waals surface area contributed by atoms with E-state index in [1.165, 1.54) is 30.0 Å². The second kappa shape index (κ2) is 14.9. The van der Waals surface area contributed by atoms with Crippen LogP contribution in [0.25, 0.3) is 0 Å². The molecular formula is C38H38Cl2N4O6S2. The molecule has 4 heterocycles. The zero-order valence-corrected chi connectivity index (χ0v) is 31.3. The summed E-state index contributed by atoms with van der Waals surface area (Å²) in [6.45, 7) is 1.49. The summed E-state index contributed by atoms with van der Waals surface area (Å²) in [5.41, 5.74) is 1.64. The maximum atomic E-state index is 13.2. The van der Waals surface area contributed by atoms with E-state index in [0.717, 1.165) is 41.6 Å². The van der Waals surface area contributed by atoms with Crippen molar-refractivity contribution in [3.63, 3.8) is 0 Å². The molecule has 0 aliphatic carbocycles. The topological polar surface area (TPSA) is 115 Å². The van der Waals surface area contributed by atoms with Crippen molar-refractivity contribution in [3.05, 3.63) is 119 Å². The fourth-order valence-electron chi connectivity index (χ4n) is 7.78. The minimum absolute atomic E-state index is 0.0217. The van der Waals surface area contributed by atoms with Gasteiger partial charge in [0.15, 0.2) is 0 Å². The SMILES string of the molecule is O=C1C2CCCC(C(=O)N1c1ccccc1)N2S(=O)(=O)c1ccc(Cl)cc1.O=S(=O)(c1ccc(Cl)cc1)N1C2CCCC1CN(c1ccccc1)C2. The number of anilines is 2. The maximum absolute atomic E-state index is 13.2. The van der Waals surface area contributed by atoms with Crippen LogP contribution in [-0.4, -0.2) is 74.5 Å². The molecule has 4 fully saturated rings. The lowest BCUT2D eigenvalue weighted by atomic mass is 9.92. The highest BCUT2D eigenvalue weighted by molar-refractivity contribution is 7.89. The number of para-hydroxylation sites is 2. The molecule has 0 spiro atoms. The number of benzene rings is 4. The van der Waals surface area contributed by atoms with Gasteiger partial charge in [-0.1, -0.05) is 66.0 Å². The van der Waals surface area contributed by atoms with E-state index in [1.807, 2.05) is 18.2 Å². The number of carbonyl (C=O) groups is 2. The number of fused-ring (bicyclic) bond motifs is 4. The van der Waals surface area contributed by atoms with Crippen molar-refractivity contribution in [2.24, 2.45) is 0 Å². The third kappa shape index (κ3) is 7.00. The summed E-state index contributed by atoms with van der Waals surface area (Å²) in [4.78, 5) is 29.9. The van der Waals surface area contributed by atoms with Crippen LogP contribution in [0.3, 0.4) is 0 Å². The summed E-state index contributed by atoms with van der Waals surface area (Å²) in [7, 11) is -7.50. The number of halogens is 2. The lowest BCUT2D eigenvalue weighted by molar-refractivity contribution is -0.138. The molecule has 4 saturated heterocycles. The fourth-order valence-corrected chi connectivity index (χ4v) is 11.7. The van der Waals surface area contributed by atoms with Gasteiger partial charge in [0.25, 0.3) is 11.8 Å². The molecule has 4 aliphatic rings. The van der Waals surface area contributed by atoms with E-state index in [-0.39, 0.29) is 17.0 Å². The zero-order chi connectivity index (χ0) is 36.6. The standard InChI is InChI=1S/C19H17ClN2O4S.C19H21ClN2O2S/c20-13-9-11-15(12-10-13)27(25,26)22-16-7-4-8-17(22)19(24)21(18(16)23)14-5-2-1-3-6-14;20-15-9-11-19(12-10-15)25(23,24)22-17-7-4-8-18(22)14-21(13-17)16-5-2-1-3-6-16/h1-3,5-6,9-12,16-17H,4,7-8H2;1-3,5-6,9-12,17-18H,4,7-8,13-14H2. The number of piperidine rings is 2. The first-order chi connectivity index (χ1) is 25.0. The van der Waals surface area contributed by atoms with Gasteiger partial charge < -0.3 is 4.90 Å². The molecule has 14 heteroatoms. The lowest BCUT2D eigenvalue weighted by Crippen LogP contribution is -2.68. The Morgan fingerprint density at radius 3 is 1.37 bits per heavy atom. The van der Waals surface area contributed by atoms with Crippen molar-refractivity contribution in [1.82, 2.24) is 8.61 Å². The third-order valence-corrected chi connectivity index (χ3v) is 14.6. The van der Waals surface area contributed by atoms with E-state index >= 15 is 0 Å². The van der Waals surface area contributed by atoms with Gasteiger partial charge >= 0.3 is 0 Å².